The van der Waals surface area contributed by atoms with E-state index in [1.54, 1.807) is 17.0 Å². The number of nitrogens with zero attached hydrogens (tertiary/aromatic N) is 2. The second-order valence-corrected chi connectivity index (χ2v) is 12.6. The van der Waals surface area contributed by atoms with Crippen LogP contribution in [0.5, 0.6) is 5.75 Å². The molecule has 10 heteroatoms. The summed E-state index contributed by atoms with van der Waals surface area (Å²) in [6, 6.07) is 22.5. The van der Waals surface area contributed by atoms with Crippen LogP contribution in [0.3, 0.4) is 0 Å². The van der Waals surface area contributed by atoms with E-state index in [4.69, 9.17) is 10.5 Å². The lowest BCUT2D eigenvalue weighted by Crippen LogP contribution is -2.47. The Morgan fingerprint density at radius 1 is 1.00 bits per heavy atom. The van der Waals surface area contributed by atoms with Crippen molar-refractivity contribution < 1.29 is 24.2 Å². The van der Waals surface area contributed by atoms with Gasteiger partial charge in [-0.05, 0) is 62.7 Å². The van der Waals surface area contributed by atoms with Crippen molar-refractivity contribution in [3.8, 4) is 5.75 Å². The van der Waals surface area contributed by atoms with Crippen molar-refractivity contribution in [2.75, 3.05) is 43.1 Å². The number of fused-ring (bicyclic) bond motifs is 1. The lowest BCUT2D eigenvalue weighted by molar-refractivity contribution is -0.134. The molecule has 1 aliphatic heterocycles. The largest absolute Gasteiger partial charge is 0.488 e. The van der Waals surface area contributed by atoms with Gasteiger partial charge in [0.25, 0.3) is 0 Å². The number of likely N-dealkylation sites (N-methyl/N-ethyl adjacent to an activating group) is 1. The van der Waals surface area contributed by atoms with Crippen LogP contribution in [0.4, 0.5) is 17.1 Å². The SMILES string of the molecule is C[C@@H]1CN([C@H](C)CO)C(=O)Cc2cc(NC(=O)CCCCCC(=O)Nc3ccccc3N)ccc2O[C@H]1CN(C)Cc1ccccc1. The topological polar surface area (TPSA) is 137 Å². The van der Waals surface area contributed by atoms with Crippen molar-refractivity contribution in [1.82, 2.24) is 9.80 Å². The molecule has 0 saturated heterocycles. The standard InChI is InChI=1S/C37H49N5O5/c1-26-22-42(27(2)25-43)37(46)21-29-20-30(18-19-33(29)47-34(26)24-41(3)23-28-12-6-4-7-13-28)39-35(44)16-8-5-9-17-36(45)40-32-15-11-10-14-31(32)38/h4,6-7,10-15,18-20,26-27,34,43H,5,8-9,16-17,21-25,38H2,1-3H3,(H,39,44)(H,40,45)/t26-,27-,34+/m1/s1. The minimum absolute atomic E-state index is 0.000880. The van der Waals surface area contributed by atoms with Crippen LogP contribution in [0.2, 0.25) is 0 Å². The Kier molecular flexibility index (Phi) is 13.2. The van der Waals surface area contributed by atoms with E-state index in [0.29, 0.717) is 67.1 Å². The summed E-state index contributed by atoms with van der Waals surface area (Å²) in [5.74, 6) is 0.289. The third kappa shape index (κ3) is 10.8. The summed E-state index contributed by atoms with van der Waals surface area (Å²) in [7, 11) is 2.06. The van der Waals surface area contributed by atoms with E-state index in [2.05, 4.69) is 41.6 Å². The molecular formula is C37H49N5O5. The summed E-state index contributed by atoms with van der Waals surface area (Å²) in [4.78, 5) is 42.5. The molecule has 0 saturated carbocycles. The molecule has 3 atom stereocenters. The first-order valence-corrected chi connectivity index (χ1v) is 16.5. The number of aliphatic hydroxyl groups excluding tert-OH is 1. The van der Waals surface area contributed by atoms with Gasteiger partial charge in [-0.3, -0.25) is 19.3 Å². The van der Waals surface area contributed by atoms with E-state index in [1.165, 1.54) is 5.56 Å². The Balaban J connectivity index is 1.36. The van der Waals surface area contributed by atoms with Crippen molar-refractivity contribution in [3.05, 3.63) is 83.9 Å². The fourth-order valence-electron chi connectivity index (χ4n) is 5.79. The zero-order valence-electron chi connectivity index (χ0n) is 27.8. The van der Waals surface area contributed by atoms with Crippen molar-refractivity contribution >= 4 is 34.8 Å². The normalized spacial score (nSPS) is 17.1. The average Bonchev–Trinajstić information content (AvgIpc) is 3.09. The van der Waals surface area contributed by atoms with Crippen molar-refractivity contribution in [2.45, 2.75) is 71.1 Å². The highest BCUT2D eigenvalue weighted by Gasteiger charge is 2.31. The molecule has 0 radical (unpaired) electrons. The van der Waals surface area contributed by atoms with Crippen LogP contribution in [0, 0.1) is 5.92 Å². The maximum Gasteiger partial charge on any atom is 0.227 e. The number of nitrogens with one attached hydrogen (secondary N) is 2. The minimum atomic E-state index is -0.334. The number of carbonyl (C=O) groups excluding carboxylic acids is 3. The first-order chi connectivity index (χ1) is 22.6. The lowest BCUT2D eigenvalue weighted by atomic mass is 10.0. The van der Waals surface area contributed by atoms with Gasteiger partial charge in [0.1, 0.15) is 11.9 Å². The highest BCUT2D eigenvalue weighted by atomic mass is 16.5. The molecule has 3 aromatic carbocycles. The van der Waals surface area contributed by atoms with Gasteiger partial charge in [-0.15, -0.1) is 0 Å². The van der Waals surface area contributed by atoms with E-state index in [0.717, 1.165) is 13.0 Å². The van der Waals surface area contributed by atoms with Crippen molar-refractivity contribution in [2.24, 2.45) is 5.92 Å². The molecule has 1 aliphatic rings. The molecule has 0 aromatic heterocycles. The van der Waals surface area contributed by atoms with Crippen LogP contribution in [-0.4, -0.2) is 71.5 Å². The van der Waals surface area contributed by atoms with Crippen LogP contribution < -0.4 is 21.1 Å². The molecule has 3 aromatic rings. The van der Waals surface area contributed by atoms with E-state index in [-0.39, 0.29) is 48.8 Å². The molecule has 1 heterocycles. The zero-order valence-corrected chi connectivity index (χ0v) is 27.8. The number of aliphatic hydroxyl groups is 1. The lowest BCUT2D eigenvalue weighted by Gasteiger charge is -2.34. The highest BCUT2D eigenvalue weighted by molar-refractivity contribution is 5.94. The fourth-order valence-corrected chi connectivity index (χ4v) is 5.79. The number of hydrogen-bond acceptors (Lipinski definition) is 7. The predicted octanol–water partition coefficient (Wildman–Crippen LogP) is 5.08. The van der Waals surface area contributed by atoms with Crippen molar-refractivity contribution in [3.63, 3.8) is 0 Å². The molecule has 0 unspecified atom stereocenters. The van der Waals surface area contributed by atoms with Gasteiger partial charge in [0, 0.05) is 49.6 Å². The number of nitrogens with two attached hydrogens (primary N) is 1. The van der Waals surface area contributed by atoms with E-state index < -0.39 is 0 Å². The second-order valence-electron chi connectivity index (χ2n) is 12.6. The van der Waals surface area contributed by atoms with Crippen LogP contribution in [0.1, 0.15) is 57.1 Å². The van der Waals surface area contributed by atoms with Crippen molar-refractivity contribution in [1.29, 1.82) is 0 Å². The van der Waals surface area contributed by atoms with Gasteiger partial charge in [0.05, 0.1) is 30.4 Å². The number of rotatable bonds is 14. The van der Waals surface area contributed by atoms with Crippen LogP contribution in [0.15, 0.2) is 72.8 Å². The number of carbonyl (C=O) groups is 3. The predicted molar refractivity (Wildman–Crippen MR) is 186 cm³/mol. The first-order valence-electron chi connectivity index (χ1n) is 16.5. The molecule has 0 aliphatic carbocycles. The number of benzene rings is 3. The third-order valence-electron chi connectivity index (χ3n) is 8.53. The molecule has 0 spiro atoms. The Bertz CT molecular complexity index is 1480. The number of nitrogen functional groups attached to an aromatic ring is 1. The molecule has 0 fully saturated rings. The van der Waals surface area contributed by atoms with Gasteiger partial charge in [0.2, 0.25) is 17.7 Å². The summed E-state index contributed by atoms with van der Waals surface area (Å²) < 4.78 is 6.63. The zero-order chi connectivity index (χ0) is 33.8. The molecule has 3 amide bonds. The maximum atomic E-state index is 13.5. The number of amides is 3. The maximum absolute atomic E-state index is 13.5. The Labute approximate surface area is 278 Å². The van der Waals surface area contributed by atoms with Crippen LogP contribution >= 0.6 is 0 Å². The minimum Gasteiger partial charge on any atom is -0.488 e. The highest BCUT2D eigenvalue weighted by Crippen LogP contribution is 2.29. The van der Waals surface area contributed by atoms with Gasteiger partial charge < -0.3 is 31.1 Å². The van der Waals surface area contributed by atoms with Gasteiger partial charge in [-0.25, -0.2) is 0 Å². The smallest absolute Gasteiger partial charge is 0.227 e. The summed E-state index contributed by atoms with van der Waals surface area (Å²) in [6.45, 7) is 5.67. The Morgan fingerprint density at radius 2 is 1.68 bits per heavy atom. The summed E-state index contributed by atoms with van der Waals surface area (Å²) in [5, 5.41) is 15.7. The molecular weight excluding hydrogens is 594 g/mol. The number of para-hydroxylation sites is 2. The monoisotopic (exact) mass is 643 g/mol. The fraction of sp³-hybridized carbons (Fsp3) is 0.432. The Hall–Kier alpha value is -4.41. The summed E-state index contributed by atoms with van der Waals surface area (Å²) in [5.41, 5.74) is 9.51. The second kappa shape index (κ2) is 17.5. The number of ether oxygens (including phenoxy) is 1. The van der Waals surface area contributed by atoms with Gasteiger partial charge >= 0.3 is 0 Å². The first kappa shape index (κ1) is 35.4. The molecule has 4 rings (SSSR count). The number of unbranched alkanes of at least 4 members (excludes halogenated alkanes) is 2. The summed E-state index contributed by atoms with van der Waals surface area (Å²) >= 11 is 0. The molecule has 5 N–H and O–H groups in total. The van der Waals surface area contributed by atoms with Crippen LogP contribution in [-0.2, 0) is 27.3 Å². The Morgan fingerprint density at radius 3 is 2.38 bits per heavy atom. The summed E-state index contributed by atoms with van der Waals surface area (Å²) in [6.07, 6.45) is 2.58. The molecule has 0 bridgehead atoms. The third-order valence-corrected chi connectivity index (χ3v) is 8.53. The number of hydrogen-bond donors (Lipinski definition) is 4. The van der Waals surface area contributed by atoms with Crippen LogP contribution in [0.25, 0.3) is 0 Å². The number of anilines is 3. The average molecular weight is 644 g/mol. The van der Waals surface area contributed by atoms with E-state index >= 15 is 0 Å². The van der Waals surface area contributed by atoms with E-state index in [9.17, 15) is 19.5 Å². The molecule has 47 heavy (non-hydrogen) atoms. The van der Waals surface area contributed by atoms with E-state index in [1.807, 2.05) is 55.5 Å². The molecule has 252 valence electrons. The van der Waals surface area contributed by atoms with Gasteiger partial charge in [-0.2, -0.15) is 0 Å². The molecule has 10 nitrogen and oxygen atoms in total. The van der Waals surface area contributed by atoms with Gasteiger partial charge in [-0.1, -0.05) is 55.8 Å². The van der Waals surface area contributed by atoms with Gasteiger partial charge in [0.15, 0.2) is 0 Å². The quantitative estimate of drug-likeness (QED) is 0.142.